The number of halogens is 3. The molecule has 2 atom stereocenters. The Morgan fingerprint density at radius 3 is 1.28 bits per heavy atom. The molecule has 0 spiro atoms. The van der Waals surface area contributed by atoms with Gasteiger partial charge in [-0.25, -0.2) is 9.59 Å². The third-order valence-electron chi connectivity index (χ3n) is 11.9. The average Bonchev–Trinajstić information content (AvgIpc) is 3.52. The molecule has 5 aliphatic rings. The van der Waals surface area contributed by atoms with Crippen molar-refractivity contribution >= 4 is 43.4 Å². The normalized spacial score (nSPS) is 25.5. The summed E-state index contributed by atoms with van der Waals surface area (Å²) in [6, 6.07) is -0.686. The van der Waals surface area contributed by atoms with Crippen molar-refractivity contribution in [2.75, 3.05) is 0 Å². The van der Waals surface area contributed by atoms with Gasteiger partial charge in [-0.1, -0.05) is 6.08 Å². The molecule has 3 aliphatic heterocycles. The Kier molecular flexibility index (Phi) is 18.6. The summed E-state index contributed by atoms with van der Waals surface area (Å²) in [6.45, 7) is 35.0. The van der Waals surface area contributed by atoms with Crippen LogP contribution in [0.5, 0.6) is 0 Å². The van der Waals surface area contributed by atoms with E-state index in [1.165, 1.54) is 0 Å². The van der Waals surface area contributed by atoms with E-state index in [2.05, 4.69) is 20.9 Å². The number of amides is 2. The van der Waals surface area contributed by atoms with Crippen LogP contribution < -0.4 is 10.6 Å². The molecule has 5 rings (SSSR count). The summed E-state index contributed by atoms with van der Waals surface area (Å²) in [5.74, 6) is -0.343. The van der Waals surface area contributed by atoms with Crippen LogP contribution in [0.2, 0.25) is 0 Å². The second-order valence-electron chi connectivity index (χ2n) is 21.5. The number of carbonyl (C=O) groups excluding carboxylic acids is 2. The fraction of sp³-hybridized carbons (Fsp3) is 0.854. The van der Waals surface area contributed by atoms with Crippen molar-refractivity contribution in [1.82, 2.24) is 10.6 Å². The van der Waals surface area contributed by atoms with Gasteiger partial charge in [-0.3, -0.25) is 0 Å². The van der Waals surface area contributed by atoms with E-state index >= 15 is 0 Å². The van der Waals surface area contributed by atoms with Gasteiger partial charge in [0, 0.05) is 26.8 Å². The number of hydrogen-bond acceptors (Lipinski definition) is 13. The number of alkyl carbamates (subject to hydrolysis) is 2. The second-order valence-corrected chi connectivity index (χ2v) is 23.0. The number of carbonyl (C=O) groups is 2. The Bertz CT molecular complexity index is 1730. The molecule has 0 aromatic heterocycles. The van der Waals surface area contributed by atoms with Crippen molar-refractivity contribution in [2.45, 2.75) is 226 Å². The summed E-state index contributed by atoms with van der Waals surface area (Å²) < 4.78 is 109. The summed E-state index contributed by atoms with van der Waals surface area (Å²) in [4.78, 5) is 23.5. The zero-order valence-corrected chi connectivity index (χ0v) is 43.3. The molecule has 23 heteroatoms. The zero-order valence-electron chi connectivity index (χ0n) is 40.9. The number of ether oxygens (including phenoxy) is 2. The van der Waals surface area contributed by atoms with Crippen LogP contribution in [0.4, 0.5) is 22.8 Å². The Labute approximate surface area is 394 Å². The fourth-order valence-corrected chi connectivity index (χ4v) is 6.95. The van der Waals surface area contributed by atoms with Crippen LogP contribution in [0.3, 0.4) is 0 Å². The van der Waals surface area contributed by atoms with Crippen molar-refractivity contribution in [3.8, 4) is 0 Å². The van der Waals surface area contributed by atoms with Gasteiger partial charge in [0.2, 0.25) is 0 Å². The molecule has 0 aromatic rings. The van der Waals surface area contributed by atoms with Crippen LogP contribution in [0.25, 0.3) is 0 Å². The maximum Gasteiger partial charge on any atom is 0.534 e. The first kappa shape index (κ1) is 58.3. The number of alkyl halides is 3. The third-order valence-corrected chi connectivity index (χ3v) is 12.9. The summed E-state index contributed by atoms with van der Waals surface area (Å²) in [5, 5.41) is 5.36. The summed E-state index contributed by atoms with van der Waals surface area (Å²) in [7, 11) is -6.97. The Morgan fingerprint density at radius 1 is 0.609 bits per heavy atom. The van der Waals surface area contributed by atoms with Gasteiger partial charge in [-0.05, 0) is 168 Å². The smallest absolute Gasteiger partial charge is 0.444 e. The van der Waals surface area contributed by atoms with Crippen LogP contribution >= 0.6 is 0 Å². The van der Waals surface area contributed by atoms with Gasteiger partial charge < -0.3 is 52.2 Å². The Hall–Kier alpha value is -1.82. The molecule has 0 saturated carbocycles. The predicted molar refractivity (Wildman–Crippen MR) is 234 cm³/mol. The minimum Gasteiger partial charge on any atom is -0.444 e. The summed E-state index contributed by atoms with van der Waals surface area (Å²) >= 11 is 0. The molecule has 2 N–H and O–H groups in total. The van der Waals surface area contributed by atoms with Crippen LogP contribution in [0.1, 0.15) is 163 Å². The van der Waals surface area contributed by atoms with Gasteiger partial charge in [-0.15, -0.1) is 0 Å². The minimum atomic E-state index is -5.69. The molecule has 0 radical (unpaired) electrons. The van der Waals surface area contributed by atoms with Crippen molar-refractivity contribution in [2.24, 2.45) is 0 Å². The van der Waals surface area contributed by atoms with E-state index in [0.29, 0.717) is 12.8 Å². The van der Waals surface area contributed by atoms with E-state index in [1.807, 2.05) is 104 Å². The minimum absolute atomic E-state index is 0. The second kappa shape index (κ2) is 20.4. The van der Waals surface area contributed by atoms with E-state index in [9.17, 15) is 31.2 Å². The maximum absolute atomic E-state index is 12.3. The van der Waals surface area contributed by atoms with E-state index in [1.54, 1.807) is 20.8 Å². The summed E-state index contributed by atoms with van der Waals surface area (Å²) in [6.07, 6.45) is 5.79. The van der Waals surface area contributed by atoms with E-state index in [-0.39, 0.29) is 85.5 Å². The van der Waals surface area contributed by atoms with E-state index in [4.69, 9.17) is 37.4 Å². The quantitative estimate of drug-likeness (QED) is 0.147. The molecule has 3 heterocycles. The van der Waals surface area contributed by atoms with Gasteiger partial charge >= 0.3 is 48.9 Å². The predicted octanol–water partition coefficient (Wildman–Crippen LogP) is 8.68. The number of nitrogens with one attached hydrogen (secondary N) is 2. The molecule has 0 unspecified atom stereocenters. The largest absolute Gasteiger partial charge is 0.534 e. The SMILES string of the molecule is CC(C)(C)OC(=O)N[C@@H]1C=C(B2OC(C)(C)C(C)(C)O2)CCC1.CC(C)(C)OC(=O)N[C@@H]1C=C(OS(=O)(=O)C(F)(F)F)CCC1.CC1(C)OB(B2OC(C)(C)C(C)(C)O2)OC1(C)C.[Pd]. The first-order valence-electron chi connectivity index (χ1n) is 21.6. The van der Waals surface area contributed by atoms with Crippen LogP contribution in [-0.2, 0) is 72.1 Å². The molecule has 3 saturated heterocycles. The van der Waals surface area contributed by atoms with Crippen LogP contribution in [0.15, 0.2) is 23.4 Å². The van der Waals surface area contributed by atoms with Crippen molar-refractivity contribution in [1.29, 1.82) is 0 Å². The van der Waals surface area contributed by atoms with Crippen molar-refractivity contribution in [3.05, 3.63) is 23.4 Å². The van der Waals surface area contributed by atoms with Crippen LogP contribution in [-0.4, -0.2) is 104 Å². The maximum atomic E-state index is 12.3. The van der Waals surface area contributed by atoms with Gasteiger partial charge in [0.15, 0.2) is 0 Å². The van der Waals surface area contributed by atoms with Gasteiger partial charge in [0.25, 0.3) is 0 Å². The van der Waals surface area contributed by atoms with Crippen molar-refractivity contribution in [3.63, 3.8) is 0 Å². The molecule has 370 valence electrons. The molecule has 0 bridgehead atoms. The standard InChI is InChI=1S/C17H30BNO4.C12H24B2O4.C12H18F3NO5S.Pd/c1-15(2,3)21-14(20)19-13-10-8-9-12(11-13)18-22-16(4,5)17(6,7)23-18;1-9(2)10(3,4)16-13(15-9)14-17-11(5,6)12(7,8)18-14;1-11(2,3)20-10(17)16-8-5-4-6-9(7-8)21-22(18,19)12(13,14)15;/h11,13H,8-10H2,1-7H3,(H,19,20);1-8H3;7-8H,4-6H2,1-3H3,(H,16,17);/t13-;;8-;/m0.0./s1. The number of hydrogen-bond donors (Lipinski definition) is 2. The van der Waals surface area contributed by atoms with Gasteiger partial charge in [0.1, 0.15) is 17.0 Å². The Morgan fingerprint density at radius 2 is 0.938 bits per heavy atom. The first-order chi connectivity index (χ1) is 28.1. The molecule has 15 nitrogen and oxygen atoms in total. The number of allylic oxidation sites excluding steroid dienone is 2. The molecule has 2 aliphatic carbocycles. The van der Waals surface area contributed by atoms with Crippen molar-refractivity contribution < 1.29 is 93.2 Å². The van der Waals surface area contributed by atoms with E-state index < -0.39 is 53.0 Å². The molecule has 64 heavy (non-hydrogen) atoms. The molecular formula is C41H72B3F3N2O13PdS. The summed E-state index contributed by atoms with van der Waals surface area (Å²) in [5.41, 5.74) is -7.72. The van der Waals surface area contributed by atoms with E-state index in [0.717, 1.165) is 30.8 Å². The monoisotopic (exact) mass is 1030 g/mol. The van der Waals surface area contributed by atoms with Gasteiger partial charge in [-0.2, -0.15) is 21.6 Å². The van der Waals surface area contributed by atoms with Gasteiger partial charge in [0.05, 0.1) is 45.7 Å². The fourth-order valence-electron chi connectivity index (χ4n) is 6.43. The molecule has 3 fully saturated rings. The topological polar surface area (TPSA) is 175 Å². The molecule has 2 amide bonds. The average molecular weight is 1030 g/mol. The zero-order chi connectivity index (χ0) is 48.6. The number of rotatable bonds is 6. The molecular weight excluding hydrogens is 956 g/mol. The molecule has 0 aromatic carbocycles. The van der Waals surface area contributed by atoms with Crippen LogP contribution in [0, 0.1) is 0 Å². The first-order valence-corrected chi connectivity index (χ1v) is 23.0. The Balaban J connectivity index is 0.000000330. The third kappa shape index (κ3) is 15.9.